The van der Waals surface area contributed by atoms with Crippen LogP contribution in [0.2, 0.25) is 0 Å². The molecule has 7 nitrogen and oxygen atoms in total. The first kappa shape index (κ1) is 18.1. The van der Waals surface area contributed by atoms with Crippen molar-refractivity contribution in [1.82, 2.24) is 15.6 Å². The second-order valence-electron chi connectivity index (χ2n) is 5.34. The third-order valence-electron chi connectivity index (χ3n) is 3.59. The summed E-state index contributed by atoms with van der Waals surface area (Å²) in [7, 11) is 0. The molecule has 0 aliphatic rings. The van der Waals surface area contributed by atoms with E-state index in [0.29, 0.717) is 24.1 Å². The molecule has 1 atom stereocenters. The van der Waals surface area contributed by atoms with Crippen LogP contribution in [-0.4, -0.2) is 29.8 Å². The molecule has 130 valence electrons. The van der Waals surface area contributed by atoms with Crippen LogP contribution in [0.15, 0.2) is 48.8 Å². The quantitative estimate of drug-likeness (QED) is 0.636. The van der Waals surface area contributed by atoms with Gasteiger partial charge in [-0.2, -0.15) is 0 Å². The lowest BCUT2D eigenvalue weighted by atomic mass is 10.1. The SMILES string of the molecule is CCC(NC(=O)CNC(=O)c1cccc(NC=O)c1)c1cccnc1. The fraction of sp³-hybridized carbons (Fsp3) is 0.222. The van der Waals surface area contributed by atoms with Crippen LogP contribution in [0.4, 0.5) is 5.69 Å². The van der Waals surface area contributed by atoms with Crippen molar-refractivity contribution in [1.29, 1.82) is 0 Å². The second kappa shape index (κ2) is 9.17. The van der Waals surface area contributed by atoms with Crippen LogP contribution in [0.1, 0.15) is 35.3 Å². The Kier molecular flexibility index (Phi) is 6.65. The lowest BCUT2D eigenvalue weighted by Crippen LogP contribution is -2.38. The van der Waals surface area contributed by atoms with Crippen molar-refractivity contribution in [2.75, 3.05) is 11.9 Å². The first-order chi connectivity index (χ1) is 12.1. The van der Waals surface area contributed by atoms with Crippen LogP contribution < -0.4 is 16.0 Å². The third-order valence-corrected chi connectivity index (χ3v) is 3.59. The van der Waals surface area contributed by atoms with E-state index in [-0.39, 0.29) is 24.4 Å². The van der Waals surface area contributed by atoms with Crippen molar-refractivity contribution < 1.29 is 14.4 Å². The van der Waals surface area contributed by atoms with Gasteiger partial charge < -0.3 is 16.0 Å². The molecule has 2 aromatic rings. The van der Waals surface area contributed by atoms with Crippen LogP contribution in [0.25, 0.3) is 0 Å². The number of pyridine rings is 1. The molecule has 0 aliphatic carbocycles. The van der Waals surface area contributed by atoms with Crippen LogP contribution in [0, 0.1) is 0 Å². The zero-order chi connectivity index (χ0) is 18.1. The van der Waals surface area contributed by atoms with Gasteiger partial charge in [-0.3, -0.25) is 19.4 Å². The number of rotatable bonds is 8. The number of nitrogens with zero attached hydrogens (tertiary/aromatic N) is 1. The van der Waals surface area contributed by atoms with Gasteiger partial charge in [-0.25, -0.2) is 0 Å². The van der Waals surface area contributed by atoms with Crippen molar-refractivity contribution >= 4 is 23.9 Å². The minimum atomic E-state index is -0.390. The zero-order valence-corrected chi connectivity index (χ0v) is 13.9. The number of carbonyl (C=O) groups excluding carboxylic acids is 3. The van der Waals surface area contributed by atoms with Crippen molar-refractivity contribution in [2.24, 2.45) is 0 Å². The Balaban J connectivity index is 1.89. The molecular weight excluding hydrogens is 320 g/mol. The number of hydrogen-bond donors (Lipinski definition) is 3. The van der Waals surface area contributed by atoms with Gasteiger partial charge in [0.25, 0.3) is 5.91 Å². The van der Waals surface area contributed by atoms with Crippen LogP contribution in [0.3, 0.4) is 0 Å². The summed E-state index contributed by atoms with van der Waals surface area (Å²) in [5.41, 5.74) is 1.78. The number of aromatic nitrogens is 1. The molecule has 3 amide bonds. The molecule has 0 fully saturated rings. The van der Waals surface area contributed by atoms with E-state index in [0.717, 1.165) is 5.56 Å². The Morgan fingerprint density at radius 1 is 1.24 bits per heavy atom. The highest BCUT2D eigenvalue weighted by Gasteiger charge is 2.14. The van der Waals surface area contributed by atoms with E-state index in [2.05, 4.69) is 20.9 Å². The Labute approximate surface area is 145 Å². The number of amides is 3. The summed E-state index contributed by atoms with van der Waals surface area (Å²) in [6.45, 7) is 1.82. The Morgan fingerprint density at radius 2 is 2.08 bits per heavy atom. The predicted molar refractivity (Wildman–Crippen MR) is 93.9 cm³/mol. The van der Waals surface area contributed by atoms with Crippen molar-refractivity contribution in [2.45, 2.75) is 19.4 Å². The van der Waals surface area contributed by atoms with E-state index in [1.807, 2.05) is 19.1 Å². The molecule has 1 aromatic heterocycles. The van der Waals surface area contributed by atoms with Gasteiger partial charge >= 0.3 is 0 Å². The highest BCUT2D eigenvalue weighted by molar-refractivity contribution is 5.97. The maximum atomic E-state index is 12.1. The van der Waals surface area contributed by atoms with Gasteiger partial charge in [0.15, 0.2) is 0 Å². The summed E-state index contributed by atoms with van der Waals surface area (Å²) in [4.78, 5) is 38.7. The van der Waals surface area contributed by atoms with E-state index in [9.17, 15) is 14.4 Å². The third kappa shape index (κ3) is 5.42. The number of nitrogens with one attached hydrogen (secondary N) is 3. The van der Waals surface area contributed by atoms with Gasteiger partial charge in [-0.05, 0) is 36.2 Å². The highest BCUT2D eigenvalue weighted by atomic mass is 16.2. The molecule has 1 heterocycles. The number of carbonyl (C=O) groups is 3. The van der Waals surface area contributed by atoms with E-state index in [1.165, 1.54) is 6.07 Å². The molecule has 2 rings (SSSR count). The summed E-state index contributed by atoms with van der Waals surface area (Å²) in [6.07, 6.45) is 4.63. The molecule has 7 heteroatoms. The molecule has 1 unspecified atom stereocenters. The Bertz CT molecular complexity index is 734. The normalized spacial score (nSPS) is 11.2. The fourth-order valence-corrected chi connectivity index (χ4v) is 2.33. The highest BCUT2D eigenvalue weighted by Crippen LogP contribution is 2.14. The van der Waals surface area contributed by atoms with Crippen LogP contribution >= 0.6 is 0 Å². The molecular formula is C18H20N4O3. The topological polar surface area (TPSA) is 100 Å². The second-order valence-corrected chi connectivity index (χ2v) is 5.34. The van der Waals surface area contributed by atoms with E-state index in [4.69, 9.17) is 0 Å². The minimum absolute atomic E-state index is 0.138. The molecule has 0 saturated carbocycles. The van der Waals surface area contributed by atoms with Crippen molar-refractivity contribution in [3.63, 3.8) is 0 Å². The van der Waals surface area contributed by atoms with E-state index < -0.39 is 0 Å². The Morgan fingerprint density at radius 3 is 2.76 bits per heavy atom. The maximum Gasteiger partial charge on any atom is 0.251 e. The average molecular weight is 340 g/mol. The first-order valence-electron chi connectivity index (χ1n) is 7.91. The lowest BCUT2D eigenvalue weighted by molar-refractivity contribution is -0.120. The van der Waals surface area contributed by atoms with Gasteiger partial charge in [0.2, 0.25) is 12.3 Å². The Hall–Kier alpha value is -3.22. The van der Waals surface area contributed by atoms with Gasteiger partial charge in [-0.1, -0.05) is 19.1 Å². The molecule has 1 aromatic carbocycles. The van der Waals surface area contributed by atoms with Crippen molar-refractivity contribution in [3.8, 4) is 0 Å². The standard InChI is InChI=1S/C18H20N4O3/c1-2-16(14-6-4-8-19-10-14)22-17(24)11-20-18(25)13-5-3-7-15(9-13)21-12-23/h3-10,12,16H,2,11H2,1H3,(H,20,25)(H,21,23)(H,22,24). The summed E-state index contributed by atoms with van der Waals surface area (Å²) in [6, 6.07) is 10.0. The fourth-order valence-electron chi connectivity index (χ4n) is 2.33. The summed E-state index contributed by atoms with van der Waals surface area (Å²) in [5, 5.41) is 7.91. The molecule has 0 aliphatic heterocycles. The molecule has 0 spiro atoms. The molecule has 0 radical (unpaired) electrons. The van der Waals surface area contributed by atoms with Gasteiger partial charge in [0, 0.05) is 23.6 Å². The van der Waals surface area contributed by atoms with Gasteiger partial charge in [0.05, 0.1) is 12.6 Å². The number of benzene rings is 1. The molecule has 25 heavy (non-hydrogen) atoms. The minimum Gasteiger partial charge on any atom is -0.348 e. The molecule has 3 N–H and O–H groups in total. The number of hydrogen-bond acceptors (Lipinski definition) is 4. The first-order valence-corrected chi connectivity index (χ1v) is 7.91. The average Bonchev–Trinajstić information content (AvgIpc) is 2.65. The van der Waals surface area contributed by atoms with Crippen LogP contribution in [0.5, 0.6) is 0 Å². The molecule has 0 saturated heterocycles. The van der Waals surface area contributed by atoms with E-state index in [1.54, 1.807) is 30.6 Å². The van der Waals surface area contributed by atoms with Gasteiger partial charge in [0.1, 0.15) is 0 Å². The summed E-state index contributed by atoms with van der Waals surface area (Å²) in [5.74, 6) is -0.676. The number of anilines is 1. The summed E-state index contributed by atoms with van der Waals surface area (Å²) < 4.78 is 0. The smallest absolute Gasteiger partial charge is 0.251 e. The van der Waals surface area contributed by atoms with Crippen LogP contribution in [-0.2, 0) is 9.59 Å². The monoisotopic (exact) mass is 340 g/mol. The predicted octanol–water partition coefficient (Wildman–Crippen LogP) is 1.65. The molecule has 0 bridgehead atoms. The summed E-state index contributed by atoms with van der Waals surface area (Å²) >= 11 is 0. The largest absolute Gasteiger partial charge is 0.348 e. The maximum absolute atomic E-state index is 12.1. The van der Waals surface area contributed by atoms with Gasteiger partial charge in [-0.15, -0.1) is 0 Å². The van der Waals surface area contributed by atoms with E-state index >= 15 is 0 Å². The zero-order valence-electron chi connectivity index (χ0n) is 13.9. The van der Waals surface area contributed by atoms with Crippen molar-refractivity contribution in [3.05, 3.63) is 59.9 Å². The lowest BCUT2D eigenvalue weighted by Gasteiger charge is -2.17.